The summed E-state index contributed by atoms with van der Waals surface area (Å²) in [5.74, 6) is -1.25. The van der Waals surface area contributed by atoms with Gasteiger partial charge in [-0.05, 0) is 37.6 Å². The number of benzene rings is 1. The van der Waals surface area contributed by atoms with Gasteiger partial charge in [0, 0.05) is 13.2 Å². The van der Waals surface area contributed by atoms with Gasteiger partial charge in [-0.1, -0.05) is 11.2 Å². The van der Waals surface area contributed by atoms with Crippen molar-refractivity contribution in [3.63, 3.8) is 0 Å². The van der Waals surface area contributed by atoms with Crippen LogP contribution >= 0.6 is 0 Å². The van der Waals surface area contributed by atoms with Gasteiger partial charge in [-0.25, -0.2) is 9.18 Å². The summed E-state index contributed by atoms with van der Waals surface area (Å²) in [6.07, 6.45) is 3.06. The zero-order valence-corrected chi connectivity index (χ0v) is 15.0. The van der Waals surface area contributed by atoms with E-state index in [1.165, 1.54) is 24.1 Å². The fourth-order valence-electron chi connectivity index (χ4n) is 2.35. The first kappa shape index (κ1) is 18.3. The number of pyridine rings is 1. The van der Waals surface area contributed by atoms with Gasteiger partial charge in [-0.15, -0.1) is 5.10 Å². The average molecular weight is 371 g/mol. The maximum absolute atomic E-state index is 14.1. The molecule has 8 nitrogen and oxygen atoms in total. The van der Waals surface area contributed by atoms with E-state index in [0.717, 1.165) is 5.56 Å². The maximum Gasteiger partial charge on any atom is 0.326 e. The lowest BCUT2D eigenvalue weighted by Gasteiger charge is -2.18. The van der Waals surface area contributed by atoms with Crippen molar-refractivity contribution in [2.75, 3.05) is 17.3 Å². The largest absolute Gasteiger partial charge is 0.480 e. The van der Waals surface area contributed by atoms with E-state index in [-0.39, 0.29) is 17.6 Å². The zero-order chi connectivity index (χ0) is 19.6. The zero-order valence-electron chi connectivity index (χ0n) is 15.0. The van der Waals surface area contributed by atoms with E-state index in [0.29, 0.717) is 11.3 Å². The van der Waals surface area contributed by atoms with Gasteiger partial charge in [0.05, 0.1) is 23.1 Å². The fraction of sp³-hybridized carbons (Fsp3) is 0.222. The predicted molar refractivity (Wildman–Crippen MR) is 97.4 cm³/mol. The SMILES string of the molecule is Cc1ccc(Nc2cnccc2-c2nnc(N(C)C(C)C(=O)O)o2)c(F)c1. The highest BCUT2D eigenvalue weighted by molar-refractivity contribution is 5.77. The molecule has 0 bridgehead atoms. The van der Waals surface area contributed by atoms with Gasteiger partial charge in [0.1, 0.15) is 11.9 Å². The van der Waals surface area contributed by atoms with Crippen LogP contribution in [-0.4, -0.2) is 39.3 Å². The second kappa shape index (κ2) is 7.40. The lowest BCUT2D eigenvalue weighted by atomic mass is 10.2. The number of nitrogens with zero attached hydrogens (tertiary/aromatic N) is 4. The van der Waals surface area contributed by atoms with E-state index in [9.17, 15) is 9.18 Å². The summed E-state index contributed by atoms with van der Waals surface area (Å²) in [6.45, 7) is 3.31. The predicted octanol–water partition coefficient (Wildman–Crippen LogP) is 3.23. The van der Waals surface area contributed by atoms with E-state index in [4.69, 9.17) is 9.52 Å². The number of hydrogen-bond acceptors (Lipinski definition) is 7. The van der Waals surface area contributed by atoms with Crippen LogP contribution in [0.4, 0.5) is 21.8 Å². The molecule has 27 heavy (non-hydrogen) atoms. The molecule has 0 radical (unpaired) electrons. The molecule has 3 aromatic rings. The van der Waals surface area contributed by atoms with Crippen molar-refractivity contribution in [2.24, 2.45) is 0 Å². The van der Waals surface area contributed by atoms with Crippen LogP contribution in [0.25, 0.3) is 11.5 Å². The quantitative estimate of drug-likeness (QED) is 0.680. The topological polar surface area (TPSA) is 104 Å². The minimum atomic E-state index is -1.02. The number of aromatic nitrogens is 3. The van der Waals surface area contributed by atoms with Crippen LogP contribution < -0.4 is 10.2 Å². The number of carbonyl (C=O) groups is 1. The van der Waals surface area contributed by atoms with Crippen LogP contribution in [-0.2, 0) is 4.79 Å². The second-order valence-electron chi connectivity index (χ2n) is 6.04. The van der Waals surface area contributed by atoms with Crippen LogP contribution in [0.1, 0.15) is 12.5 Å². The Morgan fingerprint density at radius 1 is 1.30 bits per heavy atom. The highest BCUT2D eigenvalue weighted by atomic mass is 19.1. The highest BCUT2D eigenvalue weighted by Crippen LogP contribution is 2.31. The smallest absolute Gasteiger partial charge is 0.326 e. The van der Waals surface area contributed by atoms with Crippen molar-refractivity contribution >= 4 is 23.4 Å². The maximum atomic E-state index is 14.1. The van der Waals surface area contributed by atoms with Gasteiger partial charge in [0.2, 0.25) is 0 Å². The molecule has 2 N–H and O–H groups in total. The number of carboxylic acid groups (broad SMARTS) is 1. The van der Waals surface area contributed by atoms with Gasteiger partial charge in [-0.2, -0.15) is 0 Å². The molecule has 9 heteroatoms. The molecule has 1 aromatic carbocycles. The van der Waals surface area contributed by atoms with Gasteiger partial charge in [-0.3, -0.25) is 4.98 Å². The monoisotopic (exact) mass is 371 g/mol. The van der Waals surface area contributed by atoms with Crippen molar-refractivity contribution in [1.29, 1.82) is 0 Å². The van der Waals surface area contributed by atoms with E-state index in [1.54, 1.807) is 38.4 Å². The number of rotatable bonds is 6. The van der Waals surface area contributed by atoms with Gasteiger partial charge < -0.3 is 19.7 Å². The van der Waals surface area contributed by atoms with Crippen molar-refractivity contribution in [2.45, 2.75) is 19.9 Å². The van der Waals surface area contributed by atoms with Gasteiger partial charge in [0.25, 0.3) is 5.89 Å². The molecule has 0 aliphatic carbocycles. The molecular weight excluding hydrogens is 353 g/mol. The molecule has 0 amide bonds. The molecule has 2 aromatic heterocycles. The molecule has 0 saturated heterocycles. The third-order valence-corrected chi connectivity index (χ3v) is 4.10. The van der Waals surface area contributed by atoms with E-state index in [1.807, 2.05) is 0 Å². The number of aryl methyl sites for hydroxylation is 1. The Labute approximate surface area is 154 Å². The number of anilines is 3. The molecule has 0 saturated carbocycles. The lowest BCUT2D eigenvalue weighted by molar-refractivity contribution is -0.138. The lowest BCUT2D eigenvalue weighted by Crippen LogP contribution is -2.35. The Morgan fingerprint density at radius 3 is 2.78 bits per heavy atom. The van der Waals surface area contributed by atoms with Crippen molar-refractivity contribution in [3.8, 4) is 11.5 Å². The van der Waals surface area contributed by atoms with Crippen LogP contribution in [0.3, 0.4) is 0 Å². The Kier molecular flexibility index (Phi) is 5.02. The van der Waals surface area contributed by atoms with Crippen molar-refractivity contribution in [1.82, 2.24) is 15.2 Å². The Morgan fingerprint density at radius 2 is 2.07 bits per heavy atom. The Balaban J connectivity index is 1.91. The molecule has 0 spiro atoms. The summed E-state index contributed by atoms with van der Waals surface area (Å²) >= 11 is 0. The van der Waals surface area contributed by atoms with Crippen molar-refractivity contribution < 1.29 is 18.7 Å². The number of halogens is 1. The minimum absolute atomic E-state index is 0.0594. The molecule has 1 unspecified atom stereocenters. The molecule has 0 aliphatic rings. The van der Waals surface area contributed by atoms with Crippen LogP contribution in [0, 0.1) is 12.7 Å². The number of hydrogen-bond donors (Lipinski definition) is 2. The normalized spacial score (nSPS) is 11.9. The van der Waals surface area contributed by atoms with E-state index in [2.05, 4.69) is 20.5 Å². The number of nitrogens with one attached hydrogen (secondary N) is 1. The average Bonchev–Trinajstić information content (AvgIpc) is 3.13. The Hall–Kier alpha value is -3.49. The first-order valence-corrected chi connectivity index (χ1v) is 8.13. The Bertz CT molecular complexity index is 975. The van der Waals surface area contributed by atoms with Gasteiger partial charge >= 0.3 is 12.0 Å². The van der Waals surface area contributed by atoms with Crippen molar-refractivity contribution in [3.05, 3.63) is 48.0 Å². The minimum Gasteiger partial charge on any atom is -0.480 e. The highest BCUT2D eigenvalue weighted by Gasteiger charge is 2.23. The molecule has 2 heterocycles. The number of carboxylic acids is 1. The number of aliphatic carboxylic acids is 1. The summed E-state index contributed by atoms with van der Waals surface area (Å²) in [5.41, 5.74) is 2.08. The molecule has 0 fully saturated rings. The second-order valence-corrected chi connectivity index (χ2v) is 6.04. The summed E-state index contributed by atoms with van der Waals surface area (Å²) in [4.78, 5) is 16.5. The number of likely N-dealkylation sites (N-methyl/N-ethyl adjacent to an activating group) is 1. The summed E-state index contributed by atoms with van der Waals surface area (Å²) in [6, 6.07) is 5.70. The fourth-order valence-corrected chi connectivity index (χ4v) is 2.35. The summed E-state index contributed by atoms with van der Waals surface area (Å²) in [5, 5.41) is 20.0. The molecular formula is C18H18FN5O3. The summed E-state index contributed by atoms with van der Waals surface area (Å²) < 4.78 is 19.8. The molecule has 0 aliphatic heterocycles. The first-order valence-electron chi connectivity index (χ1n) is 8.13. The molecule has 3 rings (SSSR count). The van der Waals surface area contributed by atoms with Crippen LogP contribution in [0.5, 0.6) is 0 Å². The van der Waals surface area contributed by atoms with Crippen LogP contribution in [0.15, 0.2) is 41.1 Å². The molecule has 140 valence electrons. The molecule has 1 atom stereocenters. The third kappa shape index (κ3) is 3.86. The standard InChI is InChI=1S/C18H18FN5O3/c1-10-4-5-14(13(19)8-10)21-15-9-20-7-6-12(15)16-22-23-18(27-16)24(3)11(2)17(25)26/h4-9,11,21H,1-3H3,(H,25,26). The first-order chi connectivity index (χ1) is 12.9. The van der Waals surface area contributed by atoms with Gasteiger partial charge in [0.15, 0.2) is 0 Å². The van der Waals surface area contributed by atoms with Crippen LogP contribution in [0.2, 0.25) is 0 Å². The summed E-state index contributed by atoms with van der Waals surface area (Å²) in [7, 11) is 1.55. The third-order valence-electron chi connectivity index (χ3n) is 4.10. The van der Waals surface area contributed by atoms with E-state index >= 15 is 0 Å². The van der Waals surface area contributed by atoms with E-state index < -0.39 is 17.8 Å².